The number of hydrogen-bond acceptors (Lipinski definition) is 4. The number of aromatic nitrogens is 5. The molecule has 3 heterocycles. The second-order valence-electron chi connectivity index (χ2n) is 3.81. The van der Waals surface area contributed by atoms with Crippen molar-refractivity contribution in [2.75, 3.05) is 0 Å². The van der Waals surface area contributed by atoms with Crippen LogP contribution in [0.3, 0.4) is 0 Å². The van der Waals surface area contributed by atoms with E-state index in [0.717, 1.165) is 16.5 Å². The van der Waals surface area contributed by atoms with Crippen molar-refractivity contribution in [1.29, 1.82) is 0 Å². The van der Waals surface area contributed by atoms with Crippen molar-refractivity contribution < 1.29 is 9.90 Å². The van der Waals surface area contributed by atoms with Crippen LogP contribution in [0.1, 0.15) is 5.56 Å². The minimum atomic E-state index is -0.866. The van der Waals surface area contributed by atoms with Crippen LogP contribution in [0.25, 0.3) is 16.7 Å². The minimum Gasteiger partial charge on any atom is -0.481 e. The Morgan fingerprint density at radius 2 is 2.39 bits per heavy atom. The molecule has 0 atom stereocenters. The van der Waals surface area contributed by atoms with Gasteiger partial charge in [0.1, 0.15) is 12.7 Å². The van der Waals surface area contributed by atoms with Gasteiger partial charge < -0.3 is 10.1 Å². The van der Waals surface area contributed by atoms with Crippen molar-refractivity contribution >= 4 is 16.9 Å². The first-order valence-electron chi connectivity index (χ1n) is 5.27. The number of carboxylic acid groups (broad SMARTS) is 1. The highest BCUT2D eigenvalue weighted by molar-refractivity contribution is 5.87. The Bertz CT molecular complexity index is 701. The van der Waals surface area contributed by atoms with Crippen molar-refractivity contribution in [2.45, 2.75) is 6.42 Å². The molecule has 0 aliphatic heterocycles. The predicted octanol–water partition coefficient (Wildman–Crippen LogP) is 0.771. The first-order valence-corrected chi connectivity index (χ1v) is 5.27. The lowest BCUT2D eigenvalue weighted by atomic mass is 10.1. The number of carboxylic acids is 1. The number of hydrogen-bond donors (Lipinski definition) is 2. The van der Waals surface area contributed by atoms with E-state index in [1.54, 1.807) is 18.5 Å². The summed E-state index contributed by atoms with van der Waals surface area (Å²) in [6.07, 6.45) is 6.27. The van der Waals surface area contributed by atoms with Crippen LogP contribution in [0.4, 0.5) is 0 Å². The zero-order valence-electron chi connectivity index (χ0n) is 9.24. The lowest BCUT2D eigenvalue weighted by molar-refractivity contribution is -0.136. The van der Waals surface area contributed by atoms with Gasteiger partial charge in [0.15, 0.2) is 5.82 Å². The van der Waals surface area contributed by atoms with Gasteiger partial charge in [0.2, 0.25) is 0 Å². The fraction of sp³-hybridized carbons (Fsp3) is 0.0909. The molecule has 0 saturated heterocycles. The topological polar surface area (TPSA) is 96.7 Å². The summed E-state index contributed by atoms with van der Waals surface area (Å²) in [6, 6.07) is 1.79. The summed E-state index contributed by atoms with van der Waals surface area (Å²) in [6.45, 7) is 0. The van der Waals surface area contributed by atoms with Crippen molar-refractivity contribution in [1.82, 2.24) is 24.7 Å². The molecule has 3 aromatic heterocycles. The molecule has 0 aliphatic rings. The highest BCUT2D eigenvalue weighted by Crippen LogP contribution is 2.20. The summed E-state index contributed by atoms with van der Waals surface area (Å²) < 4.78 is 1.52. The van der Waals surface area contributed by atoms with Crippen molar-refractivity contribution in [3.05, 3.63) is 36.7 Å². The number of carbonyl (C=O) groups is 1. The van der Waals surface area contributed by atoms with Crippen molar-refractivity contribution in [3.8, 4) is 5.82 Å². The Hall–Kier alpha value is -2.70. The van der Waals surface area contributed by atoms with E-state index in [1.807, 2.05) is 0 Å². The van der Waals surface area contributed by atoms with Gasteiger partial charge in [-0.1, -0.05) is 0 Å². The number of nitrogens with zero attached hydrogens (tertiary/aromatic N) is 4. The predicted molar refractivity (Wildman–Crippen MR) is 62.4 cm³/mol. The highest BCUT2D eigenvalue weighted by atomic mass is 16.4. The number of H-pyrrole nitrogens is 1. The third-order valence-corrected chi connectivity index (χ3v) is 2.63. The maximum Gasteiger partial charge on any atom is 0.307 e. The molecule has 0 unspecified atom stereocenters. The molecule has 0 aliphatic carbocycles. The lowest BCUT2D eigenvalue weighted by Gasteiger charge is -2.00. The van der Waals surface area contributed by atoms with Crippen LogP contribution in [-0.2, 0) is 11.2 Å². The van der Waals surface area contributed by atoms with Crippen LogP contribution in [0.15, 0.2) is 31.1 Å². The smallest absolute Gasteiger partial charge is 0.307 e. The summed E-state index contributed by atoms with van der Waals surface area (Å²) in [7, 11) is 0. The molecule has 2 N–H and O–H groups in total. The van der Waals surface area contributed by atoms with Crippen LogP contribution in [0.2, 0.25) is 0 Å². The van der Waals surface area contributed by atoms with Gasteiger partial charge in [-0.15, -0.1) is 0 Å². The van der Waals surface area contributed by atoms with Crippen LogP contribution >= 0.6 is 0 Å². The maximum atomic E-state index is 10.8. The van der Waals surface area contributed by atoms with Crippen LogP contribution < -0.4 is 0 Å². The Morgan fingerprint density at radius 3 is 3.11 bits per heavy atom. The fourth-order valence-corrected chi connectivity index (χ4v) is 1.83. The van der Waals surface area contributed by atoms with Crippen LogP contribution in [0.5, 0.6) is 0 Å². The van der Waals surface area contributed by atoms with Gasteiger partial charge >= 0.3 is 5.97 Å². The number of aromatic amines is 1. The quantitative estimate of drug-likeness (QED) is 0.708. The lowest BCUT2D eigenvalue weighted by Crippen LogP contribution is -2.00. The standard InChI is InChI=1S/C11H9N5O2/c17-11(18)1-7-3-13-9-4-14-10(2-8(7)9)16-6-12-5-15-16/h2-6,13H,1H2,(H,17,18). The van der Waals surface area contributed by atoms with E-state index in [9.17, 15) is 4.79 Å². The van der Waals surface area contributed by atoms with E-state index in [2.05, 4.69) is 20.1 Å². The monoisotopic (exact) mass is 243 g/mol. The van der Waals surface area contributed by atoms with Gasteiger partial charge in [0.05, 0.1) is 18.1 Å². The second-order valence-corrected chi connectivity index (χ2v) is 3.81. The molecule has 3 rings (SSSR count). The molecule has 0 bridgehead atoms. The molecule has 0 amide bonds. The molecular weight excluding hydrogens is 234 g/mol. The maximum absolute atomic E-state index is 10.8. The molecule has 3 aromatic rings. The Morgan fingerprint density at radius 1 is 1.50 bits per heavy atom. The molecule has 90 valence electrons. The van der Waals surface area contributed by atoms with Gasteiger partial charge in [0.25, 0.3) is 0 Å². The summed E-state index contributed by atoms with van der Waals surface area (Å²) in [5.74, 6) is -0.263. The molecule has 0 spiro atoms. The Balaban J connectivity index is 2.12. The third-order valence-electron chi connectivity index (χ3n) is 2.63. The molecule has 0 saturated carbocycles. The average Bonchev–Trinajstić information content (AvgIpc) is 2.98. The van der Waals surface area contributed by atoms with Gasteiger partial charge in [-0.2, -0.15) is 5.10 Å². The molecule has 7 heteroatoms. The number of pyridine rings is 1. The number of aliphatic carboxylic acids is 1. The van der Waals surface area contributed by atoms with Crippen molar-refractivity contribution in [3.63, 3.8) is 0 Å². The number of fused-ring (bicyclic) bond motifs is 1. The summed E-state index contributed by atoms with van der Waals surface area (Å²) in [4.78, 5) is 21.8. The minimum absolute atomic E-state index is 0.0270. The number of nitrogens with one attached hydrogen (secondary N) is 1. The average molecular weight is 243 g/mol. The van der Waals surface area contributed by atoms with Gasteiger partial charge in [-0.25, -0.2) is 14.6 Å². The third kappa shape index (κ3) is 1.71. The molecule has 7 nitrogen and oxygen atoms in total. The summed E-state index contributed by atoms with van der Waals surface area (Å²) in [5, 5.41) is 13.7. The van der Waals surface area contributed by atoms with Crippen molar-refractivity contribution in [2.24, 2.45) is 0 Å². The Labute approximate surface area is 101 Å². The summed E-state index contributed by atoms with van der Waals surface area (Å²) >= 11 is 0. The van der Waals surface area contributed by atoms with Gasteiger partial charge in [-0.3, -0.25) is 4.79 Å². The fourth-order valence-electron chi connectivity index (χ4n) is 1.83. The Kier molecular flexibility index (Phi) is 2.30. The van der Waals surface area contributed by atoms with E-state index in [4.69, 9.17) is 5.11 Å². The first kappa shape index (κ1) is 10.5. The van der Waals surface area contributed by atoms with Crippen LogP contribution in [-0.4, -0.2) is 35.8 Å². The highest BCUT2D eigenvalue weighted by Gasteiger charge is 2.09. The SMILES string of the molecule is O=C(O)Cc1c[nH]c2cnc(-n3cncn3)cc12. The zero-order valence-corrected chi connectivity index (χ0v) is 9.24. The molecular formula is C11H9N5O2. The largest absolute Gasteiger partial charge is 0.481 e. The van der Waals surface area contributed by atoms with E-state index >= 15 is 0 Å². The second kappa shape index (κ2) is 3.95. The summed E-state index contributed by atoms with van der Waals surface area (Å²) in [5.41, 5.74) is 1.52. The van der Waals surface area contributed by atoms with E-state index < -0.39 is 5.97 Å². The van der Waals surface area contributed by atoms with Crippen LogP contribution in [0, 0.1) is 0 Å². The first-order chi connectivity index (χ1) is 8.74. The van der Waals surface area contributed by atoms with E-state index in [0.29, 0.717) is 5.82 Å². The molecule has 0 aromatic carbocycles. The zero-order chi connectivity index (χ0) is 12.5. The van der Waals surface area contributed by atoms with Gasteiger partial charge in [-0.05, 0) is 11.6 Å². The van der Waals surface area contributed by atoms with E-state index in [1.165, 1.54) is 17.3 Å². The molecule has 0 radical (unpaired) electrons. The van der Waals surface area contributed by atoms with E-state index in [-0.39, 0.29) is 6.42 Å². The molecule has 0 fully saturated rings. The molecule has 18 heavy (non-hydrogen) atoms. The normalized spacial score (nSPS) is 10.9. The number of rotatable bonds is 3. The van der Waals surface area contributed by atoms with Gasteiger partial charge in [0, 0.05) is 11.6 Å².